The van der Waals surface area contributed by atoms with Gasteiger partial charge in [-0.05, 0) is 18.2 Å². The molecule has 92 valence electrons. The monoisotopic (exact) mass is 247 g/mol. The zero-order valence-electron chi connectivity index (χ0n) is 9.45. The Balaban J connectivity index is 2.72. The number of ether oxygens (including phenoxy) is 1. The number of methoxy groups -OCH3 is 1. The summed E-state index contributed by atoms with van der Waals surface area (Å²) in [5.41, 5.74) is 0.0221. The third-order valence-electron chi connectivity index (χ3n) is 2.41. The molecule has 1 aromatic carbocycles. The van der Waals surface area contributed by atoms with Crippen LogP contribution in [-0.2, 0) is 4.74 Å². The average Bonchev–Trinajstić information content (AvgIpc) is 2.90. The van der Waals surface area contributed by atoms with Gasteiger partial charge >= 0.3 is 5.97 Å². The number of nitrogens with zero attached hydrogens (tertiary/aromatic N) is 1. The maximum atomic E-state index is 11.6. The minimum atomic E-state index is -0.648. The molecule has 2 aromatic rings. The van der Waals surface area contributed by atoms with Crippen LogP contribution in [0.5, 0.6) is 0 Å². The second-order valence-electron chi connectivity index (χ2n) is 3.43. The highest BCUT2D eigenvalue weighted by Gasteiger charge is 2.25. The zero-order valence-corrected chi connectivity index (χ0v) is 9.45. The van der Waals surface area contributed by atoms with Gasteiger partial charge in [-0.25, -0.2) is 4.79 Å². The number of rotatable bonds is 3. The van der Waals surface area contributed by atoms with Crippen molar-refractivity contribution in [3.8, 4) is 11.3 Å². The number of carbonyl (C=O) groups is 1. The van der Waals surface area contributed by atoms with Gasteiger partial charge in [0.2, 0.25) is 0 Å². The second kappa shape index (κ2) is 4.70. The maximum Gasteiger partial charge on any atom is 0.338 e. The first-order valence-corrected chi connectivity index (χ1v) is 5.04. The molecule has 1 heterocycles. The normalized spacial score (nSPS) is 10.1. The lowest BCUT2D eigenvalue weighted by Crippen LogP contribution is -2.05. The molecule has 18 heavy (non-hydrogen) atoms. The largest absolute Gasteiger partial charge is 0.465 e. The molecule has 0 aliphatic rings. The van der Waals surface area contributed by atoms with Crippen LogP contribution >= 0.6 is 0 Å². The van der Waals surface area contributed by atoms with Crippen LogP contribution in [0, 0.1) is 10.1 Å². The van der Waals surface area contributed by atoms with E-state index in [0.29, 0.717) is 0 Å². The van der Waals surface area contributed by atoms with Crippen LogP contribution in [-0.4, -0.2) is 18.0 Å². The molecule has 0 spiro atoms. The Morgan fingerprint density at radius 3 is 2.67 bits per heavy atom. The Morgan fingerprint density at radius 2 is 2.11 bits per heavy atom. The third-order valence-corrected chi connectivity index (χ3v) is 2.41. The van der Waals surface area contributed by atoms with E-state index in [-0.39, 0.29) is 22.6 Å². The summed E-state index contributed by atoms with van der Waals surface area (Å²) in [6.07, 6.45) is 1.38. The molecule has 0 bridgehead atoms. The fraction of sp³-hybridized carbons (Fsp3) is 0.0833. The van der Waals surface area contributed by atoms with E-state index in [2.05, 4.69) is 4.74 Å². The van der Waals surface area contributed by atoms with Gasteiger partial charge in [-0.2, -0.15) is 0 Å². The fourth-order valence-electron chi connectivity index (χ4n) is 1.65. The Labute approximate surface area is 102 Å². The summed E-state index contributed by atoms with van der Waals surface area (Å²) in [6.45, 7) is 0. The van der Waals surface area contributed by atoms with Gasteiger partial charge in [0.05, 0.1) is 23.9 Å². The molecule has 0 aliphatic carbocycles. The van der Waals surface area contributed by atoms with E-state index in [1.807, 2.05) is 0 Å². The minimum Gasteiger partial charge on any atom is -0.465 e. The third kappa shape index (κ3) is 1.95. The standard InChI is InChI=1S/C12H9NO5/c1-17-12(14)8-4-2-5-9(13(15)16)11(8)10-6-3-7-18-10/h2-7H,1H3. The van der Waals surface area contributed by atoms with Crippen molar-refractivity contribution in [3.05, 3.63) is 52.3 Å². The molecule has 0 amide bonds. The fourth-order valence-corrected chi connectivity index (χ4v) is 1.65. The Morgan fingerprint density at radius 1 is 1.33 bits per heavy atom. The van der Waals surface area contributed by atoms with E-state index in [0.717, 1.165) is 0 Å². The quantitative estimate of drug-likeness (QED) is 0.473. The molecule has 6 heteroatoms. The van der Waals surface area contributed by atoms with E-state index in [4.69, 9.17) is 4.42 Å². The lowest BCUT2D eigenvalue weighted by molar-refractivity contribution is -0.384. The second-order valence-corrected chi connectivity index (χ2v) is 3.43. The highest BCUT2D eigenvalue weighted by molar-refractivity contribution is 5.99. The predicted molar refractivity (Wildman–Crippen MR) is 62.1 cm³/mol. The Bertz CT molecular complexity index is 589. The molecule has 1 aromatic heterocycles. The van der Waals surface area contributed by atoms with Crippen LogP contribution in [0.2, 0.25) is 0 Å². The summed E-state index contributed by atoms with van der Waals surface area (Å²) in [5, 5.41) is 11.0. The molecule has 0 fully saturated rings. The van der Waals surface area contributed by atoms with Crippen LogP contribution in [0.4, 0.5) is 5.69 Å². The topological polar surface area (TPSA) is 82.6 Å². The van der Waals surface area contributed by atoms with E-state index >= 15 is 0 Å². The number of hydrogen-bond donors (Lipinski definition) is 0. The van der Waals surface area contributed by atoms with E-state index in [9.17, 15) is 14.9 Å². The summed E-state index contributed by atoms with van der Waals surface area (Å²) in [7, 11) is 1.22. The SMILES string of the molecule is COC(=O)c1cccc([N+](=O)[O-])c1-c1ccco1. The Kier molecular flexibility index (Phi) is 3.09. The van der Waals surface area contributed by atoms with Gasteiger partial charge in [-0.15, -0.1) is 0 Å². The smallest absolute Gasteiger partial charge is 0.338 e. The first kappa shape index (κ1) is 11.8. The molecular formula is C12H9NO5. The molecule has 0 unspecified atom stereocenters. The van der Waals surface area contributed by atoms with Crippen LogP contribution in [0.3, 0.4) is 0 Å². The molecule has 0 atom stereocenters. The maximum absolute atomic E-state index is 11.6. The molecular weight excluding hydrogens is 238 g/mol. The van der Waals surface area contributed by atoms with Crippen LogP contribution in [0.1, 0.15) is 10.4 Å². The predicted octanol–water partition coefficient (Wildman–Crippen LogP) is 2.64. The van der Waals surface area contributed by atoms with Gasteiger partial charge in [0.1, 0.15) is 11.3 Å². The van der Waals surface area contributed by atoms with Crippen molar-refractivity contribution in [1.29, 1.82) is 0 Å². The average molecular weight is 247 g/mol. The van der Waals surface area contributed by atoms with E-state index in [1.54, 1.807) is 12.1 Å². The van der Waals surface area contributed by atoms with E-state index in [1.165, 1.54) is 31.6 Å². The highest BCUT2D eigenvalue weighted by atomic mass is 16.6. The first-order valence-electron chi connectivity index (χ1n) is 5.04. The molecule has 0 saturated carbocycles. The molecule has 0 N–H and O–H groups in total. The number of hydrogen-bond acceptors (Lipinski definition) is 5. The molecule has 0 saturated heterocycles. The summed E-state index contributed by atoms with van der Waals surface area (Å²) in [6, 6.07) is 7.33. The van der Waals surface area contributed by atoms with Crippen molar-refractivity contribution in [2.45, 2.75) is 0 Å². The number of nitro benzene ring substituents is 1. The Hall–Kier alpha value is -2.63. The zero-order chi connectivity index (χ0) is 13.1. The summed E-state index contributed by atoms with van der Waals surface area (Å²) in [5.74, 6) is -0.396. The molecule has 6 nitrogen and oxygen atoms in total. The van der Waals surface area contributed by atoms with Gasteiger partial charge in [-0.3, -0.25) is 10.1 Å². The minimum absolute atomic E-state index is 0.0988. The van der Waals surface area contributed by atoms with Gasteiger partial charge < -0.3 is 9.15 Å². The number of esters is 1. The van der Waals surface area contributed by atoms with Crippen LogP contribution in [0.25, 0.3) is 11.3 Å². The van der Waals surface area contributed by atoms with Crippen molar-refractivity contribution < 1.29 is 18.9 Å². The van der Waals surface area contributed by atoms with Crippen LogP contribution in [0.15, 0.2) is 41.0 Å². The van der Waals surface area contributed by atoms with Gasteiger partial charge in [0, 0.05) is 6.07 Å². The lowest BCUT2D eigenvalue weighted by Gasteiger charge is -2.06. The van der Waals surface area contributed by atoms with E-state index < -0.39 is 10.9 Å². The van der Waals surface area contributed by atoms with Gasteiger partial charge in [-0.1, -0.05) is 6.07 Å². The number of benzene rings is 1. The van der Waals surface area contributed by atoms with Gasteiger partial charge in [0.25, 0.3) is 5.69 Å². The summed E-state index contributed by atoms with van der Waals surface area (Å²) < 4.78 is 9.74. The van der Waals surface area contributed by atoms with Crippen molar-refractivity contribution >= 4 is 11.7 Å². The van der Waals surface area contributed by atoms with Crippen molar-refractivity contribution in [2.75, 3.05) is 7.11 Å². The first-order chi connectivity index (χ1) is 8.65. The highest BCUT2D eigenvalue weighted by Crippen LogP contribution is 2.33. The molecule has 2 rings (SSSR count). The summed E-state index contributed by atoms with van der Waals surface area (Å²) in [4.78, 5) is 22.0. The summed E-state index contributed by atoms with van der Waals surface area (Å²) >= 11 is 0. The lowest BCUT2D eigenvalue weighted by atomic mass is 10.0. The van der Waals surface area contributed by atoms with Crippen LogP contribution < -0.4 is 0 Å². The van der Waals surface area contributed by atoms with Gasteiger partial charge in [0.15, 0.2) is 0 Å². The number of furan rings is 1. The van der Waals surface area contributed by atoms with Crippen molar-refractivity contribution in [3.63, 3.8) is 0 Å². The van der Waals surface area contributed by atoms with Crippen molar-refractivity contribution in [1.82, 2.24) is 0 Å². The number of carbonyl (C=O) groups excluding carboxylic acids is 1. The molecule has 0 radical (unpaired) electrons. The van der Waals surface area contributed by atoms with Crippen molar-refractivity contribution in [2.24, 2.45) is 0 Å². The number of nitro groups is 1. The molecule has 0 aliphatic heterocycles.